The molecule has 0 aromatic heterocycles. The first-order valence-electron chi connectivity index (χ1n) is 8.06. The van der Waals surface area contributed by atoms with Crippen LogP contribution >= 0.6 is 0 Å². The van der Waals surface area contributed by atoms with E-state index in [4.69, 9.17) is 0 Å². The smallest absolute Gasteiger partial charge is 0.0908 e. The molecule has 106 valence electrons. The van der Waals surface area contributed by atoms with Crippen molar-refractivity contribution in [2.45, 2.75) is 89.3 Å². The van der Waals surface area contributed by atoms with E-state index in [2.05, 4.69) is 6.92 Å². The molecule has 3 atom stereocenters. The SMILES string of the molecule is CCC1CCCC(C(O)C2(O)CCCCCC2)C1. The fourth-order valence-electron chi connectivity index (χ4n) is 4.07. The van der Waals surface area contributed by atoms with Crippen LogP contribution in [0.5, 0.6) is 0 Å². The molecule has 0 spiro atoms. The first-order valence-corrected chi connectivity index (χ1v) is 8.06. The second-order valence-electron chi connectivity index (χ2n) is 6.66. The van der Waals surface area contributed by atoms with Gasteiger partial charge in [-0.3, -0.25) is 0 Å². The molecule has 0 aromatic carbocycles. The molecule has 0 aliphatic heterocycles. The van der Waals surface area contributed by atoms with Gasteiger partial charge < -0.3 is 10.2 Å². The molecule has 2 fully saturated rings. The van der Waals surface area contributed by atoms with Crippen molar-refractivity contribution >= 4 is 0 Å². The van der Waals surface area contributed by atoms with Gasteiger partial charge in [-0.15, -0.1) is 0 Å². The maximum Gasteiger partial charge on any atom is 0.0908 e. The molecule has 2 aliphatic rings. The van der Waals surface area contributed by atoms with Gasteiger partial charge in [-0.2, -0.15) is 0 Å². The highest BCUT2D eigenvalue weighted by atomic mass is 16.3. The van der Waals surface area contributed by atoms with Crippen molar-refractivity contribution in [1.29, 1.82) is 0 Å². The molecule has 0 radical (unpaired) electrons. The summed E-state index contributed by atoms with van der Waals surface area (Å²) in [5.74, 6) is 1.11. The van der Waals surface area contributed by atoms with Gasteiger partial charge in [0.1, 0.15) is 0 Å². The third kappa shape index (κ3) is 3.27. The molecule has 0 bridgehead atoms. The van der Waals surface area contributed by atoms with Gasteiger partial charge in [0.15, 0.2) is 0 Å². The van der Waals surface area contributed by atoms with Gasteiger partial charge in [-0.25, -0.2) is 0 Å². The van der Waals surface area contributed by atoms with E-state index in [0.29, 0.717) is 5.92 Å². The van der Waals surface area contributed by atoms with E-state index in [9.17, 15) is 10.2 Å². The molecule has 2 nitrogen and oxygen atoms in total. The van der Waals surface area contributed by atoms with E-state index < -0.39 is 11.7 Å². The topological polar surface area (TPSA) is 40.5 Å². The first-order chi connectivity index (χ1) is 8.65. The predicted octanol–water partition coefficient (Wildman–Crippen LogP) is 3.65. The lowest BCUT2D eigenvalue weighted by Crippen LogP contribution is -2.47. The van der Waals surface area contributed by atoms with Crippen LogP contribution in [0.2, 0.25) is 0 Å². The highest BCUT2D eigenvalue weighted by Crippen LogP contribution is 2.40. The van der Waals surface area contributed by atoms with Crippen molar-refractivity contribution in [2.24, 2.45) is 11.8 Å². The van der Waals surface area contributed by atoms with Crippen molar-refractivity contribution in [1.82, 2.24) is 0 Å². The molecule has 2 saturated carbocycles. The Balaban J connectivity index is 1.97. The Kier molecular flexibility index (Phi) is 5.08. The van der Waals surface area contributed by atoms with Gasteiger partial charge in [0.05, 0.1) is 11.7 Å². The molecule has 2 heteroatoms. The van der Waals surface area contributed by atoms with E-state index in [-0.39, 0.29) is 0 Å². The number of hydrogen-bond acceptors (Lipinski definition) is 2. The average Bonchev–Trinajstić information content (AvgIpc) is 2.64. The van der Waals surface area contributed by atoms with Gasteiger partial charge in [0, 0.05) is 0 Å². The number of rotatable bonds is 3. The van der Waals surface area contributed by atoms with Crippen molar-refractivity contribution in [3.63, 3.8) is 0 Å². The summed E-state index contributed by atoms with van der Waals surface area (Å²) < 4.78 is 0. The Morgan fingerprint density at radius 3 is 2.33 bits per heavy atom. The Hall–Kier alpha value is -0.0800. The minimum atomic E-state index is -0.781. The van der Waals surface area contributed by atoms with E-state index >= 15 is 0 Å². The summed E-state index contributed by atoms with van der Waals surface area (Å²) in [5, 5.41) is 21.4. The van der Waals surface area contributed by atoms with Gasteiger partial charge in [0.25, 0.3) is 0 Å². The van der Waals surface area contributed by atoms with Crippen LogP contribution in [-0.2, 0) is 0 Å². The molecule has 0 amide bonds. The molecule has 2 rings (SSSR count). The molecule has 18 heavy (non-hydrogen) atoms. The van der Waals surface area contributed by atoms with Crippen LogP contribution in [0.1, 0.15) is 77.6 Å². The highest BCUT2D eigenvalue weighted by molar-refractivity contribution is 4.93. The van der Waals surface area contributed by atoms with E-state index in [1.54, 1.807) is 0 Å². The molecule has 0 aromatic rings. The fourth-order valence-corrected chi connectivity index (χ4v) is 4.07. The standard InChI is InChI=1S/C16H30O2/c1-2-13-8-7-9-14(12-13)15(17)16(18)10-5-3-4-6-11-16/h13-15,17-18H,2-12H2,1H3. The largest absolute Gasteiger partial charge is 0.390 e. The molecule has 0 heterocycles. The molecule has 2 aliphatic carbocycles. The van der Waals surface area contributed by atoms with Gasteiger partial charge in [-0.1, -0.05) is 51.9 Å². The monoisotopic (exact) mass is 254 g/mol. The van der Waals surface area contributed by atoms with E-state index in [1.807, 2.05) is 0 Å². The highest BCUT2D eigenvalue weighted by Gasteiger charge is 2.41. The maximum absolute atomic E-state index is 10.8. The van der Waals surface area contributed by atoms with Crippen molar-refractivity contribution in [2.75, 3.05) is 0 Å². The van der Waals surface area contributed by atoms with Crippen LogP contribution in [0.3, 0.4) is 0 Å². The third-order valence-corrected chi connectivity index (χ3v) is 5.37. The minimum Gasteiger partial charge on any atom is -0.390 e. The van der Waals surface area contributed by atoms with Gasteiger partial charge in [-0.05, 0) is 37.5 Å². The maximum atomic E-state index is 10.8. The lowest BCUT2D eigenvalue weighted by atomic mass is 9.72. The summed E-state index contributed by atoms with van der Waals surface area (Å²) in [6.07, 6.45) is 11.7. The zero-order chi connectivity index (χ0) is 13.0. The predicted molar refractivity (Wildman–Crippen MR) is 74.4 cm³/mol. The average molecular weight is 254 g/mol. The minimum absolute atomic E-state index is 0.340. The Bertz CT molecular complexity index is 243. The summed E-state index contributed by atoms with van der Waals surface area (Å²) in [6, 6.07) is 0. The fraction of sp³-hybridized carbons (Fsp3) is 1.00. The van der Waals surface area contributed by atoms with Crippen LogP contribution in [-0.4, -0.2) is 21.9 Å². The van der Waals surface area contributed by atoms with Crippen LogP contribution in [0.25, 0.3) is 0 Å². The van der Waals surface area contributed by atoms with Crippen LogP contribution < -0.4 is 0 Å². The van der Waals surface area contributed by atoms with E-state index in [0.717, 1.165) is 44.4 Å². The summed E-state index contributed by atoms with van der Waals surface area (Å²) in [4.78, 5) is 0. The zero-order valence-electron chi connectivity index (χ0n) is 11.9. The Labute approximate surface area is 112 Å². The molecule has 3 unspecified atom stereocenters. The number of aliphatic hydroxyl groups excluding tert-OH is 1. The van der Waals surface area contributed by atoms with Crippen molar-refractivity contribution in [3.8, 4) is 0 Å². The second-order valence-corrected chi connectivity index (χ2v) is 6.66. The lowest BCUT2D eigenvalue weighted by Gasteiger charge is -2.40. The summed E-state index contributed by atoms with van der Waals surface area (Å²) in [6.45, 7) is 2.25. The second kappa shape index (κ2) is 6.38. The van der Waals surface area contributed by atoms with Crippen LogP contribution in [0.4, 0.5) is 0 Å². The molecule has 2 N–H and O–H groups in total. The van der Waals surface area contributed by atoms with Gasteiger partial charge in [0.2, 0.25) is 0 Å². The van der Waals surface area contributed by atoms with Crippen LogP contribution in [0, 0.1) is 11.8 Å². The Morgan fingerprint density at radius 1 is 1.06 bits per heavy atom. The number of aliphatic hydroxyl groups is 2. The summed E-state index contributed by atoms with van der Waals surface area (Å²) >= 11 is 0. The molecular formula is C16H30O2. The quantitative estimate of drug-likeness (QED) is 0.755. The summed E-state index contributed by atoms with van der Waals surface area (Å²) in [5.41, 5.74) is -0.781. The lowest BCUT2D eigenvalue weighted by molar-refractivity contribution is -0.117. The van der Waals surface area contributed by atoms with E-state index in [1.165, 1.54) is 32.1 Å². The third-order valence-electron chi connectivity index (χ3n) is 5.37. The molecular weight excluding hydrogens is 224 g/mol. The summed E-state index contributed by atoms with van der Waals surface area (Å²) in [7, 11) is 0. The molecule has 0 saturated heterocycles. The number of hydrogen-bond donors (Lipinski definition) is 2. The Morgan fingerprint density at radius 2 is 1.72 bits per heavy atom. The zero-order valence-corrected chi connectivity index (χ0v) is 11.9. The van der Waals surface area contributed by atoms with Crippen molar-refractivity contribution in [3.05, 3.63) is 0 Å². The van der Waals surface area contributed by atoms with Crippen molar-refractivity contribution < 1.29 is 10.2 Å². The normalized spacial score (nSPS) is 34.8. The van der Waals surface area contributed by atoms with Gasteiger partial charge >= 0.3 is 0 Å². The first kappa shape index (κ1) is 14.3. The van der Waals surface area contributed by atoms with Crippen LogP contribution in [0.15, 0.2) is 0 Å².